The molecule has 1 amide bonds. The van der Waals surface area contributed by atoms with Gasteiger partial charge in [-0.1, -0.05) is 26.7 Å². The predicted molar refractivity (Wildman–Crippen MR) is 66.5 cm³/mol. The molecule has 17 heavy (non-hydrogen) atoms. The summed E-state index contributed by atoms with van der Waals surface area (Å²) in [6.45, 7) is 4.27. The molecule has 0 aromatic rings. The van der Waals surface area contributed by atoms with Crippen LogP contribution >= 0.6 is 0 Å². The minimum absolute atomic E-state index is 0.0248. The number of carboxylic acids is 1. The Hall–Kier alpha value is -1.10. The van der Waals surface area contributed by atoms with Gasteiger partial charge in [-0.25, -0.2) is 0 Å². The third-order valence-electron chi connectivity index (χ3n) is 2.70. The van der Waals surface area contributed by atoms with Crippen LogP contribution in [0.25, 0.3) is 0 Å². The number of carbonyl (C=O) groups is 2. The lowest BCUT2D eigenvalue weighted by Crippen LogP contribution is -2.42. The van der Waals surface area contributed by atoms with E-state index >= 15 is 0 Å². The smallest absolute Gasteiger partial charge is 0.305 e. The van der Waals surface area contributed by atoms with Gasteiger partial charge in [-0.05, 0) is 12.8 Å². The number of aliphatic carboxylic acids is 1. The van der Waals surface area contributed by atoms with Crippen molar-refractivity contribution in [3.8, 4) is 0 Å². The molecule has 0 saturated heterocycles. The second-order valence-electron chi connectivity index (χ2n) is 4.31. The molecule has 0 aliphatic rings. The molecule has 5 heteroatoms. The molecular formula is C12H24N2O3. The summed E-state index contributed by atoms with van der Waals surface area (Å²) in [5, 5.41) is 11.5. The molecule has 0 aliphatic heterocycles. The fourth-order valence-corrected chi connectivity index (χ4v) is 1.81. The summed E-state index contributed by atoms with van der Waals surface area (Å²) >= 11 is 0. The van der Waals surface area contributed by atoms with Gasteiger partial charge in [0, 0.05) is 12.6 Å². The van der Waals surface area contributed by atoms with E-state index in [-0.39, 0.29) is 24.3 Å². The number of rotatable bonds is 9. The van der Waals surface area contributed by atoms with E-state index < -0.39 is 5.97 Å². The monoisotopic (exact) mass is 244 g/mol. The number of hydrogen-bond donors (Lipinski definition) is 3. The van der Waals surface area contributed by atoms with Gasteiger partial charge in [0.15, 0.2) is 0 Å². The van der Waals surface area contributed by atoms with Gasteiger partial charge in [0.25, 0.3) is 0 Å². The highest BCUT2D eigenvalue weighted by molar-refractivity contribution is 5.80. The third-order valence-corrected chi connectivity index (χ3v) is 2.70. The molecule has 0 fully saturated rings. The van der Waals surface area contributed by atoms with E-state index in [2.05, 4.69) is 5.32 Å². The average molecular weight is 244 g/mol. The number of nitrogens with one attached hydrogen (secondary N) is 1. The van der Waals surface area contributed by atoms with Crippen molar-refractivity contribution < 1.29 is 14.7 Å². The largest absolute Gasteiger partial charge is 0.481 e. The van der Waals surface area contributed by atoms with Crippen molar-refractivity contribution in [2.75, 3.05) is 6.54 Å². The standard InChI is InChI=1S/C12H24N2O3/c1-3-5-9(8-13)12(17)14-10(6-4-2)7-11(15)16/h9-10H,3-8,13H2,1-2H3,(H,14,17)(H,15,16). The number of amides is 1. The molecule has 0 aliphatic carbocycles. The second-order valence-corrected chi connectivity index (χ2v) is 4.31. The van der Waals surface area contributed by atoms with Gasteiger partial charge in [0.1, 0.15) is 0 Å². The zero-order valence-corrected chi connectivity index (χ0v) is 10.7. The maximum Gasteiger partial charge on any atom is 0.305 e. The summed E-state index contributed by atoms with van der Waals surface area (Å²) in [4.78, 5) is 22.5. The minimum atomic E-state index is -0.886. The maximum absolute atomic E-state index is 11.8. The summed E-state index contributed by atoms with van der Waals surface area (Å²) in [5.41, 5.74) is 5.53. The SMILES string of the molecule is CCCC(CC(=O)O)NC(=O)C(CN)CCC. The van der Waals surface area contributed by atoms with Gasteiger partial charge in [-0.15, -0.1) is 0 Å². The molecule has 0 radical (unpaired) electrons. The molecule has 100 valence electrons. The minimum Gasteiger partial charge on any atom is -0.481 e. The van der Waals surface area contributed by atoms with Crippen LogP contribution in [-0.2, 0) is 9.59 Å². The first-order valence-corrected chi connectivity index (χ1v) is 6.27. The van der Waals surface area contributed by atoms with Gasteiger partial charge in [-0.3, -0.25) is 9.59 Å². The fourth-order valence-electron chi connectivity index (χ4n) is 1.81. The Morgan fingerprint density at radius 3 is 2.24 bits per heavy atom. The maximum atomic E-state index is 11.8. The molecule has 0 saturated carbocycles. The van der Waals surface area contributed by atoms with Crippen molar-refractivity contribution in [2.45, 2.75) is 52.0 Å². The van der Waals surface area contributed by atoms with Crippen LogP contribution < -0.4 is 11.1 Å². The molecule has 5 nitrogen and oxygen atoms in total. The van der Waals surface area contributed by atoms with E-state index in [0.717, 1.165) is 19.3 Å². The molecular weight excluding hydrogens is 220 g/mol. The first-order chi connectivity index (χ1) is 8.04. The highest BCUT2D eigenvalue weighted by Gasteiger charge is 2.20. The van der Waals surface area contributed by atoms with E-state index in [9.17, 15) is 9.59 Å². The Morgan fingerprint density at radius 2 is 1.82 bits per heavy atom. The highest BCUT2D eigenvalue weighted by Crippen LogP contribution is 2.08. The fraction of sp³-hybridized carbons (Fsp3) is 0.833. The van der Waals surface area contributed by atoms with Crippen molar-refractivity contribution in [3.63, 3.8) is 0 Å². The van der Waals surface area contributed by atoms with Crippen molar-refractivity contribution in [2.24, 2.45) is 11.7 Å². The van der Waals surface area contributed by atoms with Gasteiger partial charge >= 0.3 is 5.97 Å². The Bertz CT molecular complexity index is 244. The lowest BCUT2D eigenvalue weighted by Gasteiger charge is -2.20. The first-order valence-electron chi connectivity index (χ1n) is 6.27. The highest BCUT2D eigenvalue weighted by atomic mass is 16.4. The van der Waals surface area contributed by atoms with E-state index in [1.807, 2.05) is 13.8 Å². The Labute approximate surface area is 103 Å². The van der Waals surface area contributed by atoms with Crippen LogP contribution in [0.3, 0.4) is 0 Å². The van der Waals surface area contributed by atoms with Crippen LogP contribution in [-0.4, -0.2) is 29.6 Å². The van der Waals surface area contributed by atoms with Crippen molar-refractivity contribution in [3.05, 3.63) is 0 Å². The molecule has 2 unspecified atom stereocenters. The Balaban J connectivity index is 4.30. The van der Waals surface area contributed by atoms with Crippen LogP contribution in [0.2, 0.25) is 0 Å². The van der Waals surface area contributed by atoms with E-state index in [0.29, 0.717) is 13.0 Å². The molecule has 0 heterocycles. The average Bonchev–Trinajstić information content (AvgIpc) is 2.25. The number of nitrogens with two attached hydrogens (primary N) is 1. The lowest BCUT2D eigenvalue weighted by atomic mass is 10.0. The lowest BCUT2D eigenvalue weighted by molar-refractivity contribution is -0.137. The second kappa shape index (κ2) is 8.98. The van der Waals surface area contributed by atoms with Gasteiger partial charge in [0.05, 0.1) is 12.3 Å². The normalized spacial score (nSPS) is 14.1. The van der Waals surface area contributed by atoms with Gasteiger partial charge < -0.3 is 16.2 Å². The summed E-state index contributed by atoms with van der Waals surface area (Å²) in [6, 6.07) is -0.282. The third kappa shape index (κ3) is 6.94. The summed E-state index contributed by atoms with van der Waals surface area (Å²) < 4.78 is 0. The van der Waals surface area contributed by atoms with Gasteiger partial charge in [-0.2, -0.15) is 0 Å². The van der Waals surface area contributed by atoms with Crippen molar-refractivity contribution >= 4 is 11.9 Å². The number of carbonyl (C=O) groups excluding carboxylic acids is 1. The molecule has 4 N–H and O–H groups in total. The van der Waals surface area contributed by atoms with Crippen LogP contribution in [0.1, 0.15) is 46.0 Å². The van der Waals surface area contributed by atoms with Crippen LogP contribution in [0.15, 0.2) is 0 Å². The number of hydrogen-bond acceptors (Lipinski definition) is 3. The van der Waals surface area contributed by atoms with E-state index in [1.54, 1.807) is 0 Å². The van der Waals surface area contributed by atoms with Crippen LogP contribution in [0.5, 0.6) is 0 Å². The topological polar surface area (TPSA) is 92.4 Å². The van der Waals surface area contributed by atoms with E-state index in [4.69, 9.17) is 10.8 Å². The van der Waals surface area contributed by atoms with Crippen molar-refractivity contribution in [1.29, 1.82) is 0 Å². The Morgan fingerprint density at radius 1 is 1.24 bits per heavy atom. The van der Waals surface area contributed by atoms with Crippen molar-refractivity contribution in [1.82, 2.24) is 5.32 Å². The Kier molecular flexibility index (Phi) is 8.40. The molecule has 0 aromatic carbocycles. The zero-order valence-electron chi connectivity index (χ0n) is 10.7. The molecule has 0 aromatic heterocycles. The summed E-state index contributed by atoms with van der Waals surface area (Å²) in [5.74, 6) is -1.20. The van der Waals surface area contributed by atoms with E-state index in [1.165, 1.54) is 0 Å². The predicted octanol–water partition coefficient (Wildman–Crippen LogP) is 1.12. The van der Waals surface area contributed by atoms with Gasteiger partial charge in [0.2, 0.25) is 5.91 Å². The van der Waals surface area contributed by atoms with Crippen LogP contribution in [0.4, 0.5) is 0 Å². The number of carboxylic acid groups (broad SMARTS) is 1. The molecule has 0 bridgehead atoms. The van der Waals surface area contributed by atoms with Crippen LogP contribution in [0, 0.1) is 5.92 Å². The summed E-state index contributed by atoms with van der Waals surface area (Å²) in [7, 11) is 0. The molecule has 2 atom stereocenters. The molecule has 0 spiro atoms. The molecule has 0 rings (SSSR count). The quantitative estimate of drug-likeness (QED) is 0.566. The summed E-state index contributed by atoms with van der Waals surface area (Å²) in [6.07, 6.45) is 3.14. The zero-order chi connectivity index (χ0) is 13.3. The first kappa shape index (κ1) is 15.9.